The Balaban J connectivity index is 1.31. The third-order valence-corrected chi connectivity index (χ3v) is 5.87. The molecule has 2 amide bonds. The number of benzene rings is 1. The van der Waals surface area contributed by atoms with E-state index in [0.717, 1.165) is 24.3 Å². The number of ether oxygens (including phenoxy) is 1. The highest BCUT2D eigenvalue weighted by Gasteiger charge is 2.25. The number of piperazine rings is 1. The molecule has 1 N–H and O–H groups in total. The fourth-order valence-corrected chi connectivity index (χ4v) is 3.90. The number of urea groups is 1. The van der Waals surface area contributed by atoms with Crippen LogP contribution in [-0.4, -0.2) is 87.9 Å². The number of nitrogens with one attached hydrogen (secondary N) is 1. The molecule has 0 bridgehead atoms. The van der Waals surface area contributed by atoms with Gasteiger partial charge in [0.05, 0.1) is 13.2 Å². The number of para-hydroxylation sites is 1. The van der Waals surface area contributed by atoms with Gasteiger partial charge in [-0.05, 0) is 18.6 Å². The maximum atomic E-state index is 12.8. The maximum Gasteiger partial charge on any atom is 0.321 e. The molecule has 0 saturated carbocycles. The standard InChI is InChI=1S/C22H27N9O2/c1-17-4-2-3-5-18(17)24-22(32)30-10-8-28(9-11-30)19-25-20(29-12-14-33-15-13-29)27-21(26-19)31-7-6-23-16-31/h2-7,16H,8-15H2,1H3,(H,24,32). The molecule has 0 radical (unpaired) electrons. The first-order valence-corrected chi connectivity index (χ1v) is 11.1. The minimum atomic E-state index is -0.0901. The molecule has 2 aromatic heterocycles. The molecule has 1 aromatic carbocycles. The van der Waals surface area contributed by atoms with E-state index in [-0.39, 0.29) is 6.03 Å². The van der Waals surface area contributed by atoms with Crippen molar-refractivity contribution < 1.29 is 9.53 Å². The van der Waals surface area contributed by atoms with E-state index in [1.54, 1.807) is 17.1 Å². The third kappa shape index (κ3) is 4.72. The largest absolute Gasteiger partial charge is 0.378 e. The van der Waals surface area contributed by atoms with Crippen LogP contribution >= 0.6 is 0 Å². The van der Waals surface area contributed by atoms with E-state index < -0.39 is 0 Å². The molecule has 2 aliphatic heterocycles. The van der Waals surface area contributed by atoms with Crippen LogP contribution in [0.1, 0.15) is 5.56 Å². The summed E-state index contributed by atoms with van der Waals surface area (Å²) in [5.41, 5.74) is 1.87. The first kappa shape index (κ1) is 21.1. The number of carbonyl (C=O) groups is 1. The highest BCUT2D eigenvalue weighted by molar-refractivity contribution is 5.90. The molecule has 2 fully saturated rings. The molecule has 0 unspecified atom stereocenters. The van der Waals surface area contributed by atoms with E-state index in [9.17, 15) is 4.79 Å². The Bertz CT molecular complexity index is 1090. The van der Waals surface area contributed by atoms with Gasteiger partial charge in [0.25, 0.3) is 0 Å². The fraction of sp³-hybridized carbons (Fsp3) is 0.409. The van der Waals surface area contributed by atoms with Gasteiger partial charge >= 0.3 is 6.03 Å². The summed E-state index contributed by atoms with van der Waals surface area (Å²) in [7, 11) is 0. The summed E-state index contributed by atoms with van der Waals surface area (Å²) in [6.45, 7) is 7.19. The number of morpholine rings is 1. The van der Waals surface area contributed by atoms with Gasteiger partial charge in [-0.15, -0.1) is 0 Å². The molecule has 2 aliphatic rings. The first-order chi connectivity index (χ1) is 16.2. The van der Waals surface area contributed by atoms with Crippen molar-refractivity contribution in [3.63, 3.8) is 0 Å². The average molecular weight is 450 g/mol. The molecular formula is C22H27N9O2. The molecule has 33 heavy (non-hydrogen) atoms. The number of nitrogens with zero attached hydrogens (tertiary/aromatic N) is 8. The van der Waals surface area contributed by atoms with Gasteiger partial charge in [-0.25, -0.2) is 9.78 Å². The summed E-state index contributed by atoms with van der Waals surface area (Å²) >= 11 is 0. The monoisotopic (exact) mass is 449 g/mol. The predicted molar refractivity (Wildman–Crippen MR) is 124 cm³/mol. The van der Waals surface area contributed by atoms with Gasteiger partial charge in [0.15, 0.2) is 0 Å². The zero-order valence-corrected chi connectivity index (χ0v) is 18.6. The minimum absolute atomic E-state index is 0.0901. The molecule has 0 atom stereocenters. The van der Waals surface area contributed by atoms with E-state index in [1.165, 1.54) is 0 Å². The fourth-order valence-electron chi connectivity index (χ4n) is 3.90. The van der Waals surface area contributed by atoms with E-state index in [4.69, 9.17) is 14.7 Å². The van der Waals surface area contributed by atoms with Crippen LogP contribution in [0.15, 0.2) is 43.0 Å². The van der Waals surface area contributed by atoms with Gasteiger partial charge in [-0.1, -0.05) is 18.2 Å². The van der Waals surface area contributed by atoms with Gasteiger partial charge in [0.2, 0.25) is 17.8 Å². The maximum absolute atomic E-state index is 12.8. The van der Waals surface area contributed by atoms with Crippen molar-refractivity contribution in [2.45, 2.75) is 6.92 Å². The number of hydrogen-bond acceptors (Lipinski definition) is 8. The summed E-state index contributed by atoms with van der Waals surface area (Å²) in [5, 5.41) is 3.01. The lowest BCUT2D eigenvalue weighted by Gasteiger charge is -2.35. The number of hydrogen-bond donors (Lipinski definition) is 1. The SMILES string of the molecule is Cc1ccccc1NC(=O)N1CCN(c2nc(N3CCOCC3)nc(-n3ccnc3)n2)CC1. The molecule has 2 saturated heterocycles. The topological polar surface area (TPSA) is 105 Å². The summed E-state index contributed by atoms with van der Waals surface area (Å²) in [6.07, 6.45) is 5.19. The van der Waals surface area contributed by atoms with Gasteiger partial charge in [0, 0.05) is 57.3 Å². The van der Waals surface area contributed by atoms with Crippen molar-refractivity contribution in [2.75, 3.05) is 67.6 Å². The number of amides is 2. The molecule has 11 nitrogen and oxygen atoms in total. The zero-order chi connectivity index (χ0) is 22.6. The summed E-state index contributed by atoms with van der Waals surface area (Å²) < 4.78 is 7.25. The molecule has 0 spiro atoms. The lowest BCUT2D eigenvalue weighted by Crippen LogP contribution is -2.50. The molecule has 11 heteroatoms. The number of carbonyl (C=O) groups excluding carboxylic acids is 1. The summed E-state index contributed by atoms with van der Waals surface area (Å²) in [5.74, 6) is 1.76. The second-order valence-corrected chi connectivity index (χ2v) is 8.02. The molecule has 0 aliphatic carbocycles. The van der Waals surface area contributed by atoms with Gasteiger partial charge < -0.3 is 24.8 Å². The Morgan fingerprint density at radius 3 is 2.24 bits per heavy atom. The first-order valence-electron chi connectivity index (χ1n) is 11.1. The highest BCUT2D eigenvalue weighted by Crippen LogP contribution is 2.20. The van der Waals surface area contributed by atoms with Crippen molar-refractivity contribution in [1.82, 2.24) is 29.4 Å². The zero-order valence-electron chi connectivity index (χ0n) is 18.6. The van der Waals surface area contributed by atoms with Gasteiger partial charge in [-0.3, -0.25) is 4.57 Å². The Morgan fingerprint density at radius 2 is 1.58 bits per heavy atom. The Labute approximate surface area is 192 Å². The van der Waals surface area contributed by atoms with Crippen LogP contribution < -0.4 is 15.1 Å². The lowest BCUT2D eigenvalue weighted by atomic mass is 10.2. The van der Waals surface area contributed by atoms with Crippen molar-refractivity contribution in [1.29, 1.82) is 0 Å². The molecule has 172 valence electrons. The molecule has 3 aromatic rings. The Hall–Kier alpha value is -3.73. The van der Waals surface area contributed by atoms with Crippen LogP contribution in [0.4, 0.5) is 22.4 Å². The second kappa shape index (κ2) is 9.41. The highest BCUT2D eigenvalue weighted by atomic mass is 16.5. The average Bonchev–Trinajstić information content (AvgIpc) is 3.41. The minimum Gasteiger partial charge on any atom is -0.378 e. The van der Waals surface area contributed by atoms with Crippen LogP contribution in [0.5, 0.6) is 0 Å². The van der Waals surface area contributed by atoms with E-state index >= 15 is 0 Å². The van der Waals surface area contributed by atoms with Gasteiger partial charge in [0.1, 0.15) is 6.33 Å². The van der Waals surface area contributed by atoms with Crippen molar-refractivity contribution in [3.05, 3.63) is 48.5 Å². The molecule has 5 rings (SSSR count). The van der Waals surface area contributed by atoms with Gasteiger partial charge in [-0.2, -0.15) is 15.0 Å². The van der Waals surface area contributed by atoms with Crippen LogP contribution in [0, 0.1) is 6.92 Å². The van der Waals surface area contributed by atoms with Crippen LogP contribution in [0.2, 0.25) is 0 Å². The number of imidazole rings is 1. The van der Waals surface area contributed by atoms with Crippen molar-refractivity contribution in [3.8, 4) is 5.95 Å². The van der Waals surface area contributed by atoms with E-state index in [1.807, 2.05) is 42.3 Å². The summed E-state index contributed by atoms with van der Waals surface area (Å²) in [6, 6.07) is 7.69. The van der Waals surface area contributed by atoms with E-state index in [2.05, 4.69) is 25.1 Å². The molecule has 4 heterocycles. The predicted octanol–water partition coefficient (Wildman–Crippen LogP) is 1.56. The third-order valence-electron chi connectivity index (χ3n) is 5.87. The Kier molecular flexibility index (Phi) is 6.03. The number of aromatic nitrogens is 5. The van der Waals surface area contributed by atoms with E-state index in [0.29, 0.717) is 57.2 Å². The number of anilines is 3. The second-order valence-electron chi connectivity index (χ2n) is 8.02. The van der Waals surface area contributed by atoms with Crippen LogP contribution in [0.3, 0.4) is 0 Å². The quantitative estimate of drug-likeness (QED) is 0.640. The summed E-state index contributed by atoms with van der Waals surface area (Å²) in [4.78, 5) is 37.0. The van der Waals surface area contributed by atoms with Crippen molar-refractivity contribution >= 4 is 23.6 Å². The number of aryl methyl sites for hydroxylation is 1. The van der Waals surface area contributed by atoms with Crippen LogP contribution in [0.25, 0.3) is 5.95 Å². The normalized spacial score (nSPS) is 16.7. The number of rotatable bonds is 4. The lowest BCUT2D eigenvalue weighted by molar-refractivity contribution is 0.122. The Morgan fingerprint density at radius 1 is 0.909 bits per heavy atom. The van der Waals surface area contributed by atoms with Crippen molar-refractivity contribution in [2.24, 2.45) is 0 Å². The molecular weight excluding hydrogens is 422 g/mol. The van der Waals surface area contributed by atoms with Crippen LogP contribution in [-0.2, 0) is 4.74 Å². The smallest absolute Gasteiger partial charge is 0.321 e.